The van der Waals surface area contributed by atoms with Crippen LogP contribution in [0.2, 0.25) is 0 Å². The number of hydrogen-bond donors (Lipinski definition) is 11. The average Bonchev–Trinajstić information content (AvgIpc) is 3.60. The summed E-state index contributed by atoms with van der Waals surface area (Å²) in [6, 6.07) is -3.44. The van der Waals surface area contributed by atoms with Crippen LogP contribution < -0.4 is 26.6 Å². The molecule has 73 heavy (non-hydrogen) atoms. The number of hydrogen-bond acceptors (Lipinski definition) is 17. The van der Waals surface area contributed by atoms with Crippen molar-refractivity contribution < 1.29 is 93.3 Å². The van der Waals surface area contributed by atoms with Gasteiger partial charge in [0.15, 0.2) is 0 Å². The normalized spacial score (nSPS) is 14.3. The van der Waals surface area contributed by atoms with E-state index in [0.29, 0.717) is 79.5 Å². The summed E-state index contributed by atoms with van der Waals surface area (Å²) in [5.74, 6) is -12.4. The van der Waals surface area contributed by atoms with Crippen LogP contribution in [0.3, 0.4) is 0 Å². The number of carbonyl (C=O) groups excluding carboxylic acids is 10. The molecule has 0 aliphatic carbocycles. The topological polar surface area (TPSA) is 416 Å². The van der Waals surface area contributed by atoms with Crippen molar-refractivity contribution in [1.29, 1.82) is 0 Å². The highest BCUT2D eigenvalue weighted by Gasteiger charge is 2.40. The van der Waals surface area contributed by atoms with E-state index in [4.69, 9.17) is 5.11 Å². The Balaban J connectivity index is 2.25. The Morgan fingerprint density at radius 1 is 0.589 bits per heavy atom. The molecule has 0 spiro atoms. The predicted molar refractivity (Wildman–Crippen MR) is 253 cm³/mol. The fourth-order valence-corrected chi connectivity index (χ4v) is 7.87. The van der Waals surface area contributed by atoms with Gasteiger partial charge in [-0.25, -0.2) is 20.0 Å². The molecule has 0 aromatic carbocycles. The number of carboxylic acids is 3. The first kappa shape index (κ1) is 64.6. The molecule has 1 saturated heterocycles. The van der Waals surface area contributed by atoms with Crippen LogP contribution in [0.4, 0.5) is 0 Å². The maximum Gasteiger partial charge on any atom is 0.327 e. The van der Waals surface area contributed by atoms with Crippen molar-refractivity contribution in [1.82, 2.24) is 46.7 Å². The number of nitrogens with zero attached hydrogens (tertiary/aromatic N) is 4. The fourth-order valence-electron chi connectivity index (χ4n) is 6.69. The van der Waals surface area contributed by atoms with Crippen LogP contribution in [-0.2, 0) is 62.3 Å². The maximum atomic E-state index is 13.0. The lowest BCUT2D eigenvalue weighted by Gasteiger charge is -2.22. The molecular weight excluding hydrogens is 991 g/mol. The van der Waals surface area contributed by atoms with Gasteiger partial charge in [-0.15, -0.1) is 11.8 Å². The molecule has 1 unspecified atom stereocenters. The zero-order chi connectivity index (χ0) is 55.0. The van der Waals surface area contributed by atoms with Crippen molar-refractivity contribution in [3.63, 3.8) is 0 Å². The lowest BCUT2D eigenvalue weighted by Crippen LogP contribution is -2.54. The second-order valence-electron chi connectivity index (χ2n) is 17.1. The molecule has 1 rings (SSSR count). The molecule has 0 aromatic heterocycles. The van der Waals surface area contributed by atoms with Crippen LogP contribution in [-0.4, -0.2) is 197 Å². The minimum Gasteiger partial charge on any atom is -0.481 e. The molecule has 0 bridgehead atoms. The number of thioether (sulfide) groups is 1. The first-order valence-electron chi connectivity index (χ1n) is 23.9. The van der Waals surface area contributed by atoms with E-state index in [2.05, 4.69) is 26.6 Å². The lowest BCUT2D eigenvalue weighted by atomic mass is 10.1. The van der Waals surface area contributed by atoms with E-state index in [1.165, 1.54) is 13.8 Å². The summed E-state index contributed by atoms with van der Waals surface area (Å²) in [5, 5.41) is 70.0. The minimum absolute atomic E-state index is 0.0282. The molecular formula is C44H71N9O19S. The van der Waals surface area contributed by atoms with E-state index < -0.39 is 113 Å². The SMILES string of the molecule is CC(=O)N(O)CCCCCNC(=O)CCC(=O)N(O)CCCCCNC(=O)CCC(=O)N(O)CCCCCNC(=O)CCN1C(=O)CC(SC[C@H](NC(=O)[C@H](CC(=O)O)NC(=O)[C@@H](C)CC(=O)O)C(=O)O)C1=O. The van der Waals surface area contributed by atoms with Crippen molar-refractivity contribution in [3.8, 4) is 0 Å². The van der Waals surface area contributed by atoms with Crippen LogP contribution in [0, 0.1) is 5.92 Å². The summed E-state index contributed by atoms with van der Waals surface area (Å²) in [5.41, 5.74) is 0. The lowest BCUT2D eigenvalue weighted by molar-refractivity contribution is -0.166. The van der Waals surface area contributed by atoms with Gasteiger partial charge in [0.2, 0.25) is 59.1 Å². The van der Waals surface area contributed by atoms with Crippen LogP contribution in [0.15, 0.2) is 0 Å². The Kier molecular flexibility index (Phi) is 31.5. The van der Waals surface area contributed by atoms with Gasteiger partial charge in [-0.2, -0.15) is 0 Å². The van der Waals surface area contributed by atoms with E-state index in [1.807, 2.05) is 0 Å². The van der Waals surface area contributed by atoms with Gasteiger partial charge >= 0.3 is 17.9 Å². The van der Waals surface area contributed by atoms with E-state index in [1.54, 1.807) is 0 Å². The Bertz CT molecular complexity index is 1930. The second-order valence-corrected chi connectivity index (χ2v) is 18.4. The molecule has 1 fully saturated rings. The molecule has 28 nitrogen and oxygen atoms in total. The fraction of sp³-hybridized carbons (Fsp3) is 0.705. The number of rotatable bonds is 39. The van der Waals surface area contributed by atoms with Crippen LogP contribution in [0.5, 0.6) is 0 Å². The number of amides is 10. The largest absolute Gasteiger partial charge is 0.481 e. The zero-order valence-electron chi connectivity index (χ0n) is 41.2. The summed E-state index contributed by atoms with van der Waals surface area (Å²) in [6.45, 7) is 3.28. The molecule has 29 heteroatoms. The summed E-state index contributed by atoms with van der Waals surface area (Å²) in [7, 11) is 0. The smallest absolute Gasteiger partial charge is 0.327 e. The van der Waals surface area contributed by atoms with Gasteiger partial charge in [-0.3, -0.25) is 78.1 Å². The zero-order valence-corrected chi connectivity index (χ0v) is 42.0. The molecule has 412 valence electrons. The van der Waals surface area contributed by atoms with Gasteiger partial charge in [0.1, 0.15) is 12.1 Å². The van der Waals surface area contributed by atoms with Crippen molar-refractivity contribution in [2.24, 2.45) is 5.92 Å². The molecule has 1 aliphatic heterocycles. The van der Waals surface area contributed by atoms with Crippen LogP contribution in [0.25, 0.3) is 0 Å². The highest BCUT2D eigenvalue weighted by molar-refractivity contribution is 8.00. The summed E-state index contributed by atoms with van der Waals surface area (Å²) in [6.07, 6.45) is 1.87. The number of unbranched alkanes of at least 4 members (excludes halogenated alkanes) is 6. The molecule has 0 radical (unpaired) electrons. The Hall–Kier alpha value is -6.46. The third-order valence-electron chi connectivity index (χ3n) is 11.0. The van der Waals surface area contributed by atoms with Gasteiger partial charge in [-0.05, 0) is 57.8 Å². The Morgan fingerprint density at radius 2 is 1.03 bits per heavy atom. The maximum absolute atomic E-state index is 13.0. The van der Waals surface area contributed by atoms with Crippen molar-refractivity contribution in [3.05, 3.63) is 0 Å². The van der Waals surface area contributed by atoms with Gasteiger partial charge in [0, 0.05) is 103 Å². The molecule has 1 heterocycles. The number of nitrogens with one attached hydrogen (secondary N) is 5. The third kappa shape index (κ3) is 28.4. The van der Waals surface area contributed by atoms with Crippen molar-refractivity contribution in [2.75, 3.05) is 51.6 Å². The number of imide groups is 1. The standard InChI is InChI=1S/C44H71N9O19S/c1-28(24-39(61)62)41(65)48-30(25-40(63)64)42(66)49-31(44(68)69)27-73-32-26-38(60)50(43(32)67)23-16-35(57)47-19-8-5-11-22-53(72)37(59)15-13-34(56)46-18-7-4-10-21-52(71)36(58)14-12-33(55)45-17-6-3-9-20-51(70)29(2)54/h28,30-32,70-72H,3-27H2,1-2H3,(H,45,55)(H,46,56)(H,47,57)(H,48,65)(H,49,66)(H,61,62)(H,63,64)(H,68,69)/t28-,30-,31-,32?/m0/s1. The van der Waals surface area contributed by atoms with E-state index >= 15 is 0 Å². The van der Waals surface area contributed by atoms with E-state index in [0.717, 1.165) is 16.7 Å². The Labute approximate surface area is 425 Å². The summed E-state index contributed by atoms with van der Waals surface area (Å²) >= 11 is 0.736. The number of carboxylic acid groups (broad SMARTS) is 3. The first-order chi connectivity index (χ1) is 34.4. The molecule has 0 saturated carbocycles. The van der Waals surface area contributed by atoms with Crippen LogP contribution >= 0.6 is 11.8 Å². The van der Waals surface area contributed by atoms with Gasteiger partial charge in [0.25, 0.3) is 0 Å². The predicted octanol–water partition coefficient (Wildman–Crippen LogP) is -1.03. The number of likely N-dealkylation sites (tertiary alicyclic amines) is 1. The average molecular weight is 1060 g/mol. The van der Waals surface area contributed by atoms with Gasteiger partial charge < -0.3 is 41.9 Å². The summed E-state index contributed by atoms with van der Waals surface area (Å²) < 4.78 is 0. The first-order valence-corrected chi connectivity index (χ1v) is 25.0. The monoisotopic (exact) mass is 1060 g/mol. The molecule has 1 aliphatic rings. The quantitative estimate of drug-likeness (QED) is 0.0152. The van der Waals surface area contributed by atoms with Crippen molar-refractivity contribution in [2.45, 2.75) is 140 Å². The third-order valence-corrected chi connectivity index (χ3v) is 12.3. The summed E-state index contributed by atoms with van der Waals surface area (Å²) in [4.78, 5) is 158. The van der Waals surface area contributed by atoms with Gasteiger partial charge in [0.05, 0.1) is 18.1 Å². The van der Waals surface area contributed by atoms with E-state index in [-0.39, 0.29) is 83.7 Å². The molecule has 4 atom stereocenters. The highest BCUT2D eigenvalue weighted by atomic mass is 32.2. The second kappa shape index (κ2) is 35.6. The van der Waals surface area contributed by atoms with Gasteiger partial charge in [-0.1, -0.05) is 6.92 Å². The Morgan fingerprint density at radius 3 is 1.47 bits per heavy atom. The van der Waals surface area contributed by atoms with E-state index in [9.17, 15) is 88.2 Å². The van der Waals surface area contributed by atoms with Crippen LogP contribution in [0.1, 0.15) is 123 Å². The molecule has 0 aromatic rings. The number of hydroxylamine groups is 6. The minimum atomic E-state index is -1.75. The number of aliphatic carboxylic acids is 3. The number of carbonyl (C=O) groups is 13. The van der Waals surface area contributed by atoms with Crippen molar-refractivity contribution >= 4 is 88.7 Å². The molecule has 10 amide bonds. The molecule has 11 N–H and O–H groups in total. The highest BCUT2D eigenvalue weighted by Crippen LogP contribution is 2.26.